The van der Waals surface area contributed by atoms with E-state index in [1.54, 1.807) is 9.80 Å². The van der Waals surface area contributed by atoms with Crippen LogP contribution >= 0.6 is 0 Å². The fraction of sp³-hybridized carbons (Fsp3) is 0.400. The monoisotopic (exact) mass is 758 g/mol. The largest absolute Gasteiger partial charge is 0.609 e. The quantitative estimate of drug-likeness (QED) is 0.365. The molecule has 0 aliphatic carbocycles. The third-order valence-corrected chi connectivity index (χ3v) is 8.33. The Morgan fingerprint density at radius 3 is 2.38 bits per heavy atom. The summed E-state index contributed by atoms with van der Waals surface area (Å²) >= 11 is 0. The minimum Gasteiger partial charge on any atom is -0.609 e. The van der Waals surface area contributed by atoms with Crippen LogP contribution in [0.1, 0.15) is 5.56 Å². The number of anilines is 2. The number of benzene rings is 2. The molecular formula is C25H29CfN6O4S-. The van der Waals surface area contributed by atoms with E-state index in [0.717, 1.165) is 48.7 Å². The van der Waals surface area contributed by atoms with E-state index < -0.39 is 9.84 Å². The maximum atomic E-state index is 13.7. The van der Waals surface area contributed by atoms with Gasteiger partial charge in [-0.05, 0) is 36.4 Å². The number of piperazine rings is 1. The van der Waals surface area contributed by atoms with Gasteiger partial charge in [-0.15, -0.1) is 0 Å². The first-order valence-corrected chi connectivity index (χ1v) is 13.8. The fourth-order valence-corrected chi connectivity index (χ4v) is 5.67. The van der Waals surface area contributed by atoms with Gasteiger partial charge in [0.1, 0.15) is 0 Å². The summed E-state index contributed by atoms with van der Waals surface area (Å²) in [5.74, 6) is 0.358. The van der Waals surface area contributed by atoms with Crippen LogP contribution in [0, 0.1) is 6.39 Å². The zero-order valence-electron chi connectivity index (χ0n) is 20.5. The van der Waals surface area contributed by atoms with E-state index in [4.69, 9.17) is 4.42 Å². The van der Waals surface area contributed by atoms with Crippen molar-refractivity contribution in [2.75, 3.05) is 67.6 Å². The summed E-state index contributed by atoms with van der Waals surface area (Å²) in [4.78, 5) is 21.7. The molecule has 2 amide bonds. The van der Waals surface area contributed by atoms with E-state index in [1.165, 1.54) is 0 Å². The van der Waals surface area contributed by atoms with Crippen molar-refractivity contribution in [3.63, 3.8) is 0 Å². The molecule has 0 unspecified atom stereocenters. The van der Waals surface area contributed by atoms with Gasteiger partial charge in [0.2, 0.25) is 0 Å². The maximum Gasteiger partial charge on any atom is 0.324 e. The summed E-state index contributed by atoms with van der Waals surface area (Å²) in [6.07, 6.45) is 2.34. The second kappa shape index (κ2) is 10.7. The molecule has 5 rings (SSSR count). The average molecular weight is 761 g/mol. The molecule has 0 spiro atoms. The Kier molecular flexibility index (Phi) is 7.40. The topological polar surface area (TPSA) is 103 Å². The predicted molar refractivity (Wildman–Crippen MR) is 137 cm³/mol. The zero-order chi connectivity index (χ0) is 25.1. The Bertz CT molecular complexity index is 1280. The van der Waals surface area contributed by atoms with Gasteiger partial charge in [0.25, 0.3) is 0 Å². The van der Waals surface area contributed by atoms with Gasteiger partial charge in [-0.25, -0.2) is 23.4 Å². The number of carbonyl (C=O) groups excluding carboxylic acids is 1. The number of hydrogen-bond donors (Lipinski definition) is 0. The summed E-state index contributed by atoms with van der Waals surface area (Å²) in [5.41, 5.74) is 3.54. The minimum absolute atomic E-state index is 0. The predicted octanol–water partition coefficient (Wildman–Crippen LogP) is 2.15. The molecule has 200 valence electrons. The van der Waals surface area contributed by atoms with E-state index in [9.17, 15) is 13.2 Å². The Balaban J connectivity index is 0.00000320. The molecule has 3 heterocycles. The van der Waals surface area contributed by atoms with Crippen molar-refractivity contribution in [2.24, 2.45) is 0 Å². The number of carbonyl (C=O) groups is 1. The van der Waals surface area contributed by atoms with Crippen LogP contribution in [0.4, 0.5) is 16.2 Å². The molecule has 0 bridgehead atoms. The average Bonchev–Trinajstić information content (AvgIpc) is 3.43. The summed E-state index contributed by atoms with van der Waals surface area (Å²) in [6.45, 7) is 4.55. The summed E-state index contributed by atoms with van der Waals surface area (Å²) < 4.78 is 29.0. The third kappa shape index (κ3) is 5.87. The summed E-state index contributed by atoms with van der Waals surface area (Å²) in [6, 6.07) is 15.4. The van der Waals surface area contributed by atoms with Crippen LogP contribution in [0.2, 0.25) is 0 Å². The molecule has 12 heteroatoms. The first-order valence-electron chi connectivity index (χ1n) is 12.0. The summed E-state index contributed by atoms with van der Waals surface area (Å²) in [7, 11) is -0.976. The number of amides is 2. The second-order valence-corrected chi connectivity index (χ2v) is 11.5. The van der Waals surface area contributed by atoms with Crippen molar-refractivity contribution in [2.45, 2.75) is 6.54 Å². The SMILES string of the molecule is CN1CCN(c2cccc(N(Cc3ccc(-c4nn[c-]o4)cc3)C(=O)N3CCS(=O)(=O)CC3)c2)CC1.[Cf]. The van der Waals surface area contributed by atoms with Crippen LogP contribution in [0.25, 0.3) is 11.5 Å². The number of aromatic nitrogens is 2. The molecule has 2 aliphatic heterocycles. The molecule has 0 atom stereocenters. The first-order chi connectivity index (χ1) is 17.4. The van der Waals surface area contributed by atoms with Crippen LogP contribution in [-0.2, 0) is 16.4 Å². The molecule has 2 saturated heterocycles. The van der Waals surface area contributed by atoms with E-state index in [-0.39, 0.29) is 30.6 Å². The fourth-order valence-electron chi connectivity index (χ4n) is 4.47. The van der Waals surface area contributed by atoms with Gasteiger partial charge in [0, 0.05) is 50.6 Å². The number of nitrogens with zero attached hydrogens (tertiary/aromatic N) is 6. The Hall–Kier alpha value is -4.44. The number of urea groups is 1. The third-order valence-electron chi connectivity index (χ3n) is 6.72. The molecular weight excluding hydrogens is 731 g/mol. The zero-order valence-corrected chi connectivity index (χ0v) is 24.0. The normalized spacial score (nSPS) is 17.8. The van der Waals surface area contributed by atoms with E-state index >= 15 is 0 Å². The molecule has 2 fully saturated rings. The Labute approximate surface area is 211 Å². The van der Waals surface area contributed by atoms with Crippen molar-refractivity contribution in [3.8, 4) is 11.5 Å². The van der Waals surface area contributed by atoms with E-state index in [2.05, 4.69) is 39.5 Å². The van der Waals surface area contributed by atoms with Gasteiger partial charge in [-0.2, -0.15) is 0 Å². The van der Waals surface area contributed by atoms with Crippen LogP contribution in [0.5, 0.6) is 0 Å². The standard InChI is InChI=1S/C25H29N6O4S.Cf/c1-28-9-11-29(12-10-28)22-3-2-4-23(17-22)31(25(32)30-13-15-36(33,34)16-14-30)18-20-5-7-21(8-6-20)24-27-26-19-35-24;/h2-8,17H,9-16,18H2,1H3;/q-1;. The van der Waals surface area contributed by atoms with Gasteiger partial charge in [0.15, 0.2) is 9.84 Å². The molecule has 2 aromatic carbocycles. The van der Waals surface area contributed by atoms with Crippen molar-refractivity contribution in [1.29, 1.82) is 0 Å². The number of sulfone groups is 1. The van der Waals surface area contributed by atoms with Gasteiger partial charge in [-0.1, -0.05) is 30.3 Å². The molecule has 0 saturated carbocycles. The first kappa shape index (κ1) is 25.6. The Morgan fingerprint density at radius 2 is 1.73 bits per heavy atom. The number of likely N-dealkylation sites (N-methyl/N-ethyl adjacent to an activating group) is 1. The second-order valence-electron chi connectivity index (χ2n) is 9.21. The molecule has 0 radical (unpaired) electrons. The smallest absolute Gasteiger partial charge is 0.324 e. The van der Waals surface area contributed by atoms with Gasteiger partial charge < -0.3 is 19.1 Å². The van der Waals surface area contributed by atoms with Crippen molar-refractivity contribution in [1.82, 2.24) is 20.0 Å². The maximum absolute atomic E-state index is 13.7. The van der Waals surface area contributed by atoms with Gasteiger partial charge in [0.05, 0.1) is 30.3 Å². The van der Waals surface area contributed by atoms with Gasteiger partial charge >= 0.3 is 6.03 Å². The van der Waals surface area contributed by atoms with Gasteiger partial charge in [-0.3, -0.25) is 4.90 Å². The minimum atomic E-state index is -3.10. The molecule has 10 nitrogen and oxygen atoms in total. The van der Waals surface area contributed by atoms with E-state index in [0.29, 0.717) is 12.4 Å². The van der Waals surface area contributed by atoms with Crippen LogP contribution in [-0.4, -0.2) is 92.3 Å². The van der Waals surface area contributed by atoms with Crippen molar-refractivity contribution < 1.29 is 17.6 Å². The van der Waals surface area contributed by atoms with Crippen LogP contribution in [0.15, 0.2) is 52.9 Å². The molecule has 1 aromatic heterocycles. The van der Waals surface area contributed by atoms with Crippen LogP contribution < -0.4 is 9.80 Å². The summed E-state index contributed by atoms with van der Waals surface area (Å²) in [5, 5.41) is 7.48. The number of hydrogen-bond acceptors (Lipinski definition) is 8. The molecule has 2 aliphatic rings. The van der Waals surface area contributed by atoms with Crippen molar-refractivity contribution >= 4 is 27.2 Å². The molecule has 37 heavy (non-hydrogen) atoms. The number of rotatable bonds is 5. The molecule has 3 aromatic rings. The van der Waals surface area contributed by atoms with Crippen molar-refractivity contribution in [3.05, 3.63) is 60.5 Å². The van der Waals surface area contributed by atoms with Crippen LogP contribution in [0.3, 0.4) is 0 Å². The Morgan fingerprint density at radius 1 is 1.03 bits per heavy atom. The van der Waals surface area contributed by atoms with E-state index in [1.807, 2.05) is 42.5 Å². The molecule has 0 N–H and O–H groups in total.